The lowest BCUT2D eigenvalue weighted by Gasteiger charge is -2.10. The maximum Gasteiger partial charge on any atom is 0.257 e. The first-order chi connectivity index (χ1) is 6.93. The molecule has 0 radical (unpaired) electrons. The van der Waals surface area contributed by atoms with Crippen LogP contribution in [0, 0.1) is 11.3 Å². The molecule has 0 saturated carbocycles. The summed E-state index contributed by atoms with van der Waals surface area (Å²) in [5, 5.41) is 7.10. The minimum absolute atomic E-state index is 0.00162. The first-order valence-electron chi connectivity index (χ1n) is 4.25. The van der Waals surface area contributed by atoms with Crippen molar-refractivity contribution < 1.29 is 8.42 Å². The van der Waals surface area contributed by atoms with Crippen LogP contribution in [-0.2, 0) is 10.0 Å². The van der Waals surface area contributed by atoms with E-state index in [2.05, 4.69) is 14.7 Å². The van der Waals surface area contributed by atoms with Crippen LogP contribution in [0.5, 0.6) is 0 Å². The molecule has 0 saturated heterocycles. The molecule has 84 valence electrons. The molecule has 0 bridgehead atoms. The lowest BCUT2D eigenvalue weighted by atomic mass is 10.2. The highest BCUT2D eigenvalue weighted by Crippen LogP contribution is 2.02. The lowest BCUT2D eigenvalue weighted by molar-refractivity contribution is 0.571. The number of amidine groups is 1. The highest BCUT2D eigenvalue weighted by molar-refractivity contribution is 7.89. The van der Waals surface area contributed by atoms with Crippen molar-refractivity contribution in [1.82, 2.24) is 14.7 Å². The summed E-state index contributed by atoms with van der Waals surface area (Å²) in [6.07, 6.45) is 2.49. The van der Waals surface area contributed by atoms with E-state index < -0.39 is 10.0 Å². The van der Waals surface area contributed by atoms with Crippen molar-refractivity contribution in [3.05, 3.63) is 12.5 Å². The molecule has 0 aromatic carbocycles. The van der Waals surface area contributed by atoms with Crippen LogP contribution < -0.4 is 10.5 Å². The van der Waals surface area contributed by atoms with Crippen LogP contribution in [0.1, 0.15) is 6.92 Å². The average molecular weight is 231 g/mol. The highest BCUT2D eigenvalue weighted by atomic mass is 32.2. The maximum absolute atomic E-state index is 11.5. The fourth-order valence-electron chi connectivity index (χ4n) is 0.812. The minimum atomic E-state index is -3.57. The quantitative estimate of drug-likeness (QED) is 0.393. The molecular formula is C7H13N5O2S. The van der Waals surface area contributed by atoms with Gasteiger partial charge in [-0.15, -0.1) is 0 Å². The second kappa shape index (κ2) is 4.41. The molecule has 0 aliphatic rings. The number of aromatic amines is 1. The molecule has 1 atom stereocenters. The summed E-state index contributed by atoms with van der Waals surface area (Å²) in [5.74, 6) is -0.384. The Labute approximate surface area is 87.7 Å². The van der Waals surface area contributed by atoms with E-state index in [-0.39, 0.29) is 23.3 Å². The molecular weight excluding hydrogens is 218 g/mol. The smallest absolute Gasteiger partial charge is 0.257 e. The number of hydrogen-bond donors (Lipinski definition) is 4. The standard InChI is InChI=1S/C7H13N5O2S/c1-5(7(8)9)2-12-15(13,14)6-3-10-4-11-6/h3-5,12H,2H2,1H3,(H3,8,9)(H,10,11). The Morgan fingerprint density at radius 3 is 2.93 bits per heavy atom. The summed E-state index contributed by atoms with van der Waals surface area (Å²) in [4.78, 5) is 6.09. The van der Waals surface area contributed by atoms with Crippen molar-refractivity contribution in [3.63, 3.8) is 0 Å². The number of nitrogens with zero attached hydrogens (tertiary/aromatic N) is 1. The Hall–Kier alpha value is -1.41. The fraction of sp³-hybridized carbons (Fsp3) is 0.429. The van der Waals surface area contributed by atoms with Crippen molar-refractivity contribution in [2.75, 3.05) is 6.54 Å². The number of nitrogens with one attached hydrogen (secondary N) is 3. The van der Waals surface area contributed by atoms with E-state index in [4.69, 9.17) is 11.1 Å². The molecule has 0 spiro atoms. The van der Waals surface area contributed by atoms with Crippen molar-refractivity contribution in [1.29, 1.82) is 5.41 Å². The van der Waals surface area contributed by atoms with Crippen molar-refractivity contribution in [2.45, 2.75) is 11.9 Å². The number of H-pyrrole nitrogens is 1. The Morgan fingerprint density at radius 1 is 1.80 bits per heavy atom. The van der Waals surface area contributed by atoms with Gasteiger partial charge >= 0.3 is 0 Å². The van der Waals surface area contributed by atoms with E-state index in [1.165, 1.54) is 12.5 Å². The largest absolute Gasteiger partial charge is 0.387 e. The van der Waals surface area contributed by atoms with Crippen molar-refractivity contribution in [2.24, 2.45) is 11.7 Å². The molecule has 1 heterocycles. The molecule has 1 aromatic rings. The zero-order chi connectivity index (χ0) is 11.5. The van der Waals surface area contributed by atoms with Gasteiger partial charge in [0.15, 0.2) is 5.03 Å². The second-order valence-electron chi connectivity index (χ2n) is 3.12. The molecule has 7 nitrogen and oxygen atoms in total. The molecule has 0 aliphatic carbocycles. The van der Waals surface area contributed by atoms with Gasteiger partial charge in [-0.05, 0) is 0 Å². The third kappa shape index (κ3) is 3.03. The first-order valence-corrected chi connectivity index (χ1v) is 5.73. The van der Waals surface area contributed by atoms with E-state index in [0.29, 0.717) is 0 Å². The molecule has 0 fully saturated rings. The summed E-state index contributed by atoms with van der Waals surface area (Å²) in [7, 11) is -3.57. The summed E-state index contributed by atoms with van der Waals surface area (Å²) in [6, 6.07) is 0. The number of nitrogens with two attached hydrogens (primary N) is 1. The summed E-state index contributed by atoms with van der Waals surface area (Å²) < 4.78 is 25.4. The highest BCUT2D eigenvalue weighted by Gasteiger charge is 2.16. The number of aromatic nitrogens is 2. The normalized spacial score (nSPS) is 13.7. The van der Waals surface area contributed by atoms with Gasteiger partial charge in [0.2, 0.25) is 0 Å². The van der Waals surface area contributed by atoms with Crippen LogP contribution in [0.15, 0.2) is 17.6 Å². The third-order valence-corrected chi connectivity index (χ3v) is 3.22. The molecule has 1 aromatic heterocycles. The van der Waals surface area contributed by atoms with E-state index in [1.807, 2.05) is 0 Å². The van der Waals surface area contributed by atoms with Crippen LogP contribution in [0.4, 0.5) is 0 Å². The average Bonchev–Trinajstić information content (AvgIpc) is 2.67. The molecule has 0 aliphatic heterocycles. The zero-order valence-corrected chi connectivity index (χ0v) is 9.00. The summed E-state index contributed by atoms with van der Waals surface area (Å²) in [5.41, 5.74) is 5.21. The first kappa shape index (κ1) is 11.7. The zero-order valence-electron chi connectivity index (χ0n) is 8.19. The maximum atomic E-state index is 11.5. The van der Waals surface area contributed by atoms with E-state index in [0.717, 1.165) is 0 Å². The SMILES string of the molecule is CC(CNS(=O)(=O)c1cnc[nH]1)C(=N)N. The summed E-state index contributed by atoms with van der Waals surface area (Å²) in [6.45, 7) is 1.76. The van der Waals surface area contributed by atoms with Gasteiger partial charge in [-0.2, -0.15) is 0 Å². The van der Waals surface area contributed by atoms with Crippen LogP contribution in [0.2, 0.25) is 0 Å². The molecule has 1 unspecified atom stereocenters. The third-order valence-electron chi connectivity index (χ3n) is 1.87. The Morgan fingerprint density at radius 2 is 2.47 bits per heavy atom. The van der Waals surface area contributed by atoms with E-state index in [9.17, 15) is 8.42 Å². The predicted molar refractivity (Wildman–Crippen MR) is 54.9 cm³/mol. The topological polar surface area (TPSA) is 125 Å². The molecule has 1 rings (SSSR count). The minimum Gasteiger partial charge on any atom is -0.387 e. The lowest BCUT2D eigenvalue weighted by Crippen LogP contribution is -2.34. The Kier molecular flexibility index (Phi) is 3.43. The Bertz CT molecular complexity index is 424. The van der Waals surface area contributed by atoms with Gasteiger partial charge in [0.1, 0.15) is 0 Å². The van der Waals surface area contributed by atoms with E-state index in [1.54, 1.807) is 6.92 Å². The van der Waals surface area contributed by atoms with E-state index >= 15 is 0 Å². The Balaban J connectivity index is 2.63. The van der Waals surface area contributed by atoms with Crippen LogP contribution in [0.25, 0.3) is 0 Å². The molecule has 0 amide bonds. The second-order valence-corrected chi connectivity index (χ2v) is 4.86. The van der Waals surface area contributed by atoms with Gasteiger partial charge in [0.05, 0.1) is 18.4 Å². The van der Waals surface area contributed by atoms with Crippen molar-refractivity contribution >= 4 is 15.9 Å². The number of rotatable bonds is 5. The monoisotopic (exact) mass is 231 g/mol. The number of sulfonamides is 1. The molecule has 15 heavy (non-hydrogen) atoms. The number of hydrogen-bond acceptors (Lipinski definition) is 4. The summed E-state index contributed by atoms with van der Waals surface area (Å²) >= 11 is 0. The molecule has 5 N–H and O–H groups in total. The van der Waals surface area contributed by atoms with Crippen molar-refractivity contribution in [3.8, 4) is 0 Å². The van der Waals surface area contributed by atoms with Gasteiger partial charge in [0.25, 0.3) is 10.0 Å². The number of imidazole rings is 1. The van der Waals surface area contributed by atoms with Crippen LogP contribution >= 0.6 is 0 Å². The van der Waals surface area contributed by atoms with Gasteiger partial charge in [-0.1, -0.05) is 6.92 Å². The van der Waals surface area contributed by atoms with Gasteiger partial charge in [-0.25, -0.2) is 18.1 Å². The fourth-order valence-corrected chi connectivity index (χ4v) is 1.84. The van der Waals surface area contributed by atoms with Crippen LogP contribution in [0.3, 0.4) is 0 Å². The van der Waals surface area contributed by atoms with Gasteiger partial charge in [-0.3, -0.25) is 5.41 Å². The molecule has 8 heteroatoms. The van der Waals surface area contributed by atoms with Gasteiger partial charge < -0.3 is 10.7 Å². The van der Waals surface area contributed by atoms with Crippen LogP contribution in [-0.4, -0.2) is 30.8 Å². The van der Waals surface area contributed by atoms with Gasteiger partial charge in [0, 0.05) is 12.5 Å². The predicted octanol–water partition coefficient (Wildman–Crippen LogP) is -0.740.